The molecule has 0 amide bonds. The molecule has 3 aromatic rings. The van der Waals surface area contributed by atoms with Crippen LogP contribution >= 0.6 is 0 Å². The average molecular weight is 439 g/mol. The Kier molecular flexibility index (Phi) is 6.09. The summed E-state index contributed by atoms with van der Waals surface area (Å²) in [6.45, 7) is 6.03. The molecule has 33 heavy (non-hydrogen) atoms. The van der Waals surface area contributed by atoms with Crippen molar-refractivity contribution in [3.05, 3.63) is 89.5 Å². The number of pyridine rings is 1. The molecule has 166 valence electrons. The Morgan fingerprint density at radius 2 is 1.97 bits per heavy atom. The lowest BCUT2D eigenvalue weighted by Crippen LogP contribution is -2.26. The predicted molar refractivity (Wildman–Crippen MR) is 128 cm³/mol. The third kappa shape index (κ3) is 4.03. The number of nitrogens with zero attached hydrogens (tertiary/aromatic N) is 5. The zero-order chi connectivity index (χ0) is 23.5. The van der Waals surface area contributed by atoms with Crippen LogP contribution in [0.3, 0.4) is 0 Å². The highest BCUT2D eigenvalue weighted by molar-refractivity contribution is 6.04. The highest BCUT2D eigenvalue weighted by atomic mass is 16.5. The summed E-state index contributed by atoms with van der Waals surface area (Å²) in [6.07, 6.45) is 7.21. The van der Waals surface area contributed by atoms with Crippen LogP contribution in [0.2, 0.25) is 0 Å². The van der Waals surface area contributed by atoms with Gasteiger partial charge in [-0.1, -0.05) is 26.0 Å². The summed E-state index contributed by atoms with van der Waals surface area (Å²) in [6, 6.07) is 14.2. The highest BCUT2D eigenvalue weighted by Gasteiger charge is 2.34. The standard InChI is InChI=1S/C26H26N6O/c1-16(2)24(29-4)22-17(3)33-25(28)21(14-27)23(22)18-7-9-20(10-8-18)32-13-12-31-26(32)19-6-5-11-30-15-19/h5-13,15-16,23H,28H2,1-4H3. The Hall–Kier alpha value is -4.18. The van der Waals surface area contributed by atoms with Gasteiger partial charge in [0.15, 0.2) is 0 Å². The van der Waals surface area contributed by atoms with Crippen LogP contribution in [-0.2, 0) is 4.74 Å². The van der Waals surface area contributed by atoms with Crippen molar-refractivity contribution in [2.24, 2.45) is 16.6 Å². The van der Waals surface area contributed by atoms with E-state index in [1.807, 2.05) is 54.1 Å². The minimum atomic E-state index is -0.348. The number of aromatic nitrogens is 3. The number of benzene rings is 1. The number of aliphatic imine (C=N–C) groups is 1. The molecule has 1 aliphatic heterocycles. The van der Waals surface area contributed by atoms with Gasteiger partial charge >= 0.3 is 0 Å². The molecule has 2 N–H and O–H groups in total. The number of nitrogens with two attached hydrogens (primary N) is 1. The molecular formula is C26H26N6O. The van der Waals surface area contributed by atoms with Crippen LogP contribution < -0.4 is 5.73 Å². The third-order valence-electron chi connectivity index (χ3n) is 5.73. The van der Waals surface area contributed by atoms with E-state index in [1.54, 1.807) is 25.6 Å². The van der Waals surface area contributed by atoms with Crippen LogP contribution in [0.15, 0.2) is 89.0 Å². The summed E-state index contributed by atoms with van der Waals surface area (Å²) in [7, 11) is 1.77. The molecule has 0 radical (unpaired) electrons. The summed E-state index contributed by atoms with van der Waals surface area (Å²) in [5.41, 5.74) is 11.1. The van der Waals surface area contributed by atoms with Crippen LogP contribution in [0, 0.1) is 17.2 Å². The second-order valence-corrected chi connectivity index (χ2v) is 8.11. The Balaban J connectivity index is 1.78. The molecule has 0 aliphatic carbocycles. The fourth-order valence-electron chi connectivity index (χ4n) is 4.28. The number of hydrogen-bond acceptors (Lipinski definition) is 6. The lowest BCUT2D eigenvalue weighted by molar-refractivity contribution is 0.283. The summed E-state index contributed by atoms with van der Waals surface area (Å²) in [4.78, 5) is 13.2. The molecular weight excluding hydrogens is 412 g/mol. The van der Waals surface area contributed by atoms with E-state index in [2.05, 4.69) is 34.9 Å². The van der Waals surface area contributed by atoms with E-state index in [1.165, 1.54) is 0 Å². The third-order valence-corrected chi connectivity index (χ3v) is 5.73. The fraction of sp³-hybridized carbons (Fsp3) is 0.231. The average Bonchev–Trinajstić information content (AvgIpc) is 3.31. The molecule has 0 saturated carbocycles. The number of rotatable bonds is 5. The number of ether oxygens (including phenoxy) is 1. The summed E-state index contributed by atoms with van der Waals surface area (Å²) in [5, 5.41) is 9.91. The van der Waals surface area contributed by atoms with Crippen molar-refractivity contribution in [2.75, 3.05) is 7.05 Å². The van der Waals surface area contributed by atoms with Crippen molar-refractivity contribution < 1.29 is 4.74 Å². The van der Waals surface area contributed by atoms with Crippen molar-refractivity contribution in [3.63, 3.8) is 0 Å². The zero-order valence-corrected chi connectivity index (χ0v) is 19.1. The summed E-state index contributed by atoms with van der Waals surface area (Å²) in [5.74, 6) is 1.43. The van der Waals surface area contributed by atoms with E-state index >= 15 is 0 Å². The second kappa shape index (κ2) is 9.13. The minimum absolute atomic E-state index is 0.139. The van der Waals surface area contributed by atoms with Crippen molar-refractivity contribution in [3.8, 4) is 23.1 Å². The molecule has 3 heterocycles. The highest BCUT2D eigenvalue weighted by Crippen LogP contribution is 2.41. The number of nitriles is 1. The van der Waals surface area contributed by atoms with Crippen LogP contribution in [-0.4, -0.2) is 27.3 Å². The molecule has 0 spiro atoms. The van der Waals surface area contributed by atoms with Gasteiger partial charge in [0.05, 0.1) is 5.92 Å². The van der Waals surface area contributed by atoms with Gasteiger partial charge in [-0.2, -0.15) is 5.26 Å². The van der Waals surface area contributed by atoms with Gasteiger partial charge in [-0.25, -0.2) is 4.98 Å². The SMILES string of the molecule is CN=C(C1=C(C)OC(N)=C(C#N)C1c1ccc(-n2ccnc2-c2cccnc2)cc1)C(C)C. The van der Waals surface area contributed by atoms with Gasteiger partial charge in [-0.05, 0) is 42.7 Å². The molecule has 0 fully saturated rings. The Labute approximate surface area is 193 Å². The van der Waals surface area contributed by atoms with Crippen molar-refractivity contribution in [1.29, 1.82) is 5.26 Å². The normalized spacial score (nSPS) is 16.7. The zero-order valence-electron chi connectivity index (χ0n) is 19.1. The van der Waals surface area contributed by atoms with Crippen LogP contribution in [0.25, 0.3) is 17.1 Å². The first-order valence-corrected chi connectivity index (χ1v) is 10.8. The van der Waals surface area contributed by atoms with Crippen molar-refractivity contribution in [1.82, 2.24) is 14.5 Å². The maximum absolute atomic E-state index is 9.91. The van der Waals surface area contributed by atoms with E-state index < -0.39 is 0 Å². The molecule has 7 nitrogen and oxygen atoms in total. The summed E-state index contributed by atoms with van der Waals surface area (Å²) >= 11 is 0. The number of hydrogen-bond donors (Lipinski definition) is 1. The lowest BCUT2D eigenvalue weighted by Gasteiger charge is -2.30. The van der Waals surface area contributed by atoms with Gasteiger partial charge in [0.25, 0.3) is 0 Å². The first-order chi connectivity index (χ1) is 16.0. The molecule has 0 saturated heterocycles. The van der Waals surface area contributed by atoms with Crippen LogP contribution in [0.5, 0.6) is 0 Å². The predicted octanol–water partition coefficient (Wildman–Crippen LogP) is 4.74. The molecule has 1 aliphatic rings. The lowest BCUT2D eigenvalue weighted by atomic mass is 9.78. The minimum Gasteiger partial charge on any atom is -0.445 e. The number of imidazole rings is 1. The molecule has 1 atom stereocenters. The second-order valence-electron chi connectivity index (χ2n) is 8.11. The Bertz CT molecular complexity index is 1290. The van der Waals surface area contributed by atoms with Gasteiger partial charge < -0.3 is 10.5 Å². The van der Waals surface area contributed by atoms with E-state index in [9.17, 15) is 5.26 Å². The first kappa shape index (κ1) is 22.0. The molecule has 1 unspecified atom stereocenters. The van der Waals surface area contributed by atoms with Gasteiger partial charge in [0, 0.05) is 54.4 Å². The van der Waals surface area contributed by atoms with Crippen molar-refractivity contribution >= 4 is 5.71 Å². The van der Waals surface area contributed by atoms with Gasteiger partial charge in [0.1, 0.15) is 23.2 Å². The largest absolute Gasteiger partial charge is 0.445 e. The van der Waals surface area contributed by atoms with E-state index in [0.29, 0.717) is 11.3 Å². The summed E-state index contributed by atoms with van der Waals surface area (Å²) < 4.78 is 7.76. The van der Waals surface area contributed by atoms with E-state index in [-0.39, 0.29) is 17.7 Å². The molecule has 2 aromatic heterocycles. The van der Waals surface area contributed by atoms with Crippen molar-refractivity contribution in [2.45, 2.75) is 26.7 Å². The number of allylic oxidation sites excluding steroid dienone is 3. The topological polar surface area (TPSA) is 102 Å². The van der Waals surface area contributed by atoms with Crippen LogP contribution in [0.1, 0.15) is 32.3 Å². The monoisotopic (exact) mass is 438 g/mol. The molecule has 0 bridgehead atoms. The fourth-order valence-corrected chi connectivity index (χ4v) is 4.28. The first-order valence-electron chi connectivity index (χ1n) is 10.8. The van der Waals surface area contributed by atoms with E-state index in [0.717, 1.165) is 33.9 Å². The molecule has 7 heteroatoms. The molecule has 4 rings (SSSR count). The maximum atomic E-state index is 9.91. The smallest absolute Gasteiger partial charge is 0.205 e. The molecule has 1 aromatic carbocycles. The quantitative estimate of drug-likeness (QED) is 0.580. The Morgan fingerprint density at radius 3 is 2.58 bits per heavy atom. The van der Waals surface area contributed by atoms with E-state index in [4.69, 9.17) is 10.5 Å². The van der Waals surface area contributed by atoms with Crippen LogP contribution in [0.4, 0.5) is 0 Å². The van der Waals surface area contributed by atoms with Gasteiger partial charge in [0.2, 0.25) is 5.88 Å². The maximum Gasteiger partial charge on any atom is 0.205 e. The Morgan fingerprint density at radius 1 is 1.21 bits per heavy atom. The van der Waals surface area contributed by atoms with Gasteiger partial charge in [-0.3, -0.25) is 14.5 Å². The van der Waals surface area contributed by atoms with Gasteiger partial charge in [-0.15, -0.1) is 0 Å².